The predicted octanol–water partition coefficient (Wildman–Crippen LogP) is 5.05. The van der Waals surface area contributed by atoms with Crippen LogP contribution in [0.3, 0.4) is 0 Å². The molecule has 2 heterocycles. The van der Waals surface area contributed by atoms with Crippen molar-refractivity contribution in [2.75, 3.05) is 25.0 Å². The molecule has 5 heteroatoms. The summed E-state index contributed by atoms with van der Waals surface area (Å²) < 4.78 is 0. The Morgan fingerprint density at radius 1 is 1.00 bits per heavy atom. The molecule has 1 aromatic rings. The maximum atomic E-state index is 12.7. The van der Waals surface area contributed by atoms with E-state index in [1.807, 2.05) is 11.8 Å². The Hall–Kier alpha value is -1.65. The van der Waals surface area contributed by atoms with Crippen LogP contribution >= 0.6 is 0 Å². The highest BCUT2D eigenvalue weighted by Gasteiger charge is 2.25. The molecule has 1 aliphatic heterocycles. The molecule has 0 saturated carbocycles. The molecule has 0 atom stereocenters. The lowest BCUT2D eigenvalue weighted by molar-refractivity contribution is -0.132. The smallest absolute Gasteiger partial charge is 0.222 e. The molecule has 0 aliphatic carbocycles. The van der Waals surface area contributed by atoms with Gasteiger partial charge in [-0.15, -0.1) is 0 Å². The van der Waals surface area contributed by atoms with E-state index in [9.17, 15) is 4.79 Å². The van der Waals surface area contributed by atoms with Crippen molar-refractivity contribution in [1.82, 2.24) is 14.9 Å². The van der Waals surface area contributed by atoms with Gasteiger partial charge >= 0.3 is 0 Å². The molecule has 0 fully saturated rings. The Labute approximate surface area is 171 Å². The quantitative estimate of drug-likeness (QED) is 0.470. The first-order valence-corrected chi connectivity index (χ1v) is 11.4. The van der Waals surface area contributed by atoms with E-state index in [0.29, 0.717) is 18.9 Å². The average Bonchev–Trinajstić information content (AvgIpc) is 2.70. The molecule has 1 aromatic heterocycles. The van der Waals surface area contributed by atoms with Gasteiger partial charge in [0.05, 0.1) is 12.2 Å². The topological polar surface area (TPSA) is 49.3 Å². The molecule has 158 valence electrons. The number of carbonyl (C=O) groups excluding carboxylic acids is 1. The summed E-state index contributed by atoms with van der Waals surface area (Å²) in [6.07, 6.45) is 13.1. The zero-order valence-electron chi connectivity index (χ0n) is 18.6. The third-order valence-electron chi connectivity index (χ3n) is 5.83. The van der Waals surface area contributed by atoms with E-state index in [4.69, 9.17) is 0 Å². The van der Waals surface area contributed by atoms with Crippen molar-refractivity contribution in [2.24, 2.45) is 0 Å². The highest BCUT2D eigenvalue weighted by molar-refractivity contribution is 5.76. The van der Waals surface area contributed by atoms with Crippen LogP contribution < -0.4 is 4.90 Å². The Bertz CT molecular complexity index is 617. The summed E-state index contributed by atoms with van der Waals surface area (Å²) in [5, 5.41) is 0. The van der Waals surface area contributed by atoms with E-state index in [2.05, 4.69) is 35.8 Å². The first-order chi connectivity index (χ1) is 13.6. The minimum atomic E-state index is 0.291. The van der Waals surface area contributed by atoms with Crippen LogP contribution in [-0.2, 0) is 17.8 Å². The van der Waals surface area contributed by atoms with Crippen LogP contribution in [0.2, 0.25) is 0 Å². The van der Waals surface area contributed by atoms with Gasteiger partial charge in [0.1, 0.15) is 11.6 Å². The minimum Gasteiger partial charge on any atom is -0.360 e. The van der Waals surface area contributed by atoms with Crippen LogP contribution in [-0.4, -0.2) is 40.9 Å². The van der Waals surface area contributed by atoms with Crippen LogP contribution in [0.4, 0.5) is 5.82 Å². The Balaban J connectivity index is 1.76. The van der Waals surface area contributed by atoms with Gasteiger partial charge in [0.2, 0.25) is 5.91 Å². The van der Waals surface area contributed by atoms with E-state index >= 15 is 0 Å². The highest BCUT2D eigenvalue weighted by Crippen LogP contribution is 2.26. The third kappa shape index (κ3) is 6.75. The summed E-state index contributed by atoms with van der Waals surface area (Å²) >= 11 is 0. The van der Waals surface area contributed by atoms with E-state index in [1.54, 1.807) is 0 Å². The number of hydrogen-bond donors (Lipinski definition) is 0. The van der Waals surface area contributed by atoms with Crippen molar-refractivity contribution < 1.29 is 4.79 Å². The molecule has 0 saturated heterocycles. The molecule has 5 nitrogen and oxygen atoms in total. The maximum absolute atomic E-state index is 12.7. The molecule has 0 bridgehead atoms. The number of hydrogen-bond acceptors (Lipinski definition) is 4. The lowest BCUT2D eigenvalue weighted by atomic mass is 10.0. The zero-order chi connectivity index (χ0) is 20.4. The SMILES string of the molecule is CCCCCCCCCCCC(=O)N1CCc2nc(C)nc(N(C)CC)c2C1. The number of fused-ring (bicyclic) bond motifs is 1. The van der Waals surface area contributed by atoms with Crippen molar-refractivity contribution in [3.63, 3.8) is 0 Å². The molecule has 0 spiro atoms. The fourth-order valence-electron chi connectivity index (χ4n) is 3.94. The molecule has 1 aliphatic rings. The number of nitrogens with zero attached hydrogens (tertiary/aromatic N) is 4. The molecular weight excluding hydrogens is 348 g/mol. The Morgan fingerprint density at radius 3 is 2.29 bits per heavy atom. The number of unbranched alkanes of at least 4 members (excludes halogenated alkanes) is 8. The summed E-state index contributed by atoms with van der Waals surface area (Å²) in [6, 6.07) is 0. The van der Waals surface area contributed by atoms with Gasteiger partial charge in [0, 0.05) is 38.5 Å². The fourth-order valence-corrected chi connectivity index (χ4v) is 3.94. The summed E-state index contributed by atoms with van der Waals surface area (Å²) in [7, 11) is 2.06. The summed E-state index contributed by atoms with van der Waals surface area (Å²) in [4.78, 5) is 26.2. The lowest BCUT2D eigenvalue weighted by Crippen LogP contribution is -2.37. The van der Waals surface area contributed by atoms with Crippen LogP contribution in [0.5, 0.6) is 0 Å². The van der Waals surface area contributed by atoms with Crippen molar-refractivity contribution in [1.29, 1.82) is 0 Å². The second-order valence-corrected chi connectivity index (χ2v) is 8.18. The highest BCUT2D eigenvalue weighted by atomic mass is 16.2. The van der Waals surface area contributed by atoms with Crippen LogP contribution in [0.1, 0.15) is 95.1 Å². The van der Waals surface area contributed by atoms with E-state index in [-0.39, 0.29) is 0 Å². The van der Waals surface area contributed by atoms with Gasteiger partial charge in [-0.05, 0) is 20.3 Å². The number of anilines is 1. The second kappa shape index (κ2) is 12.0. The van der Waals surface area contributed by atoms with E-state index in [1.165, 1.54) is 51.4 Å². The van der Waals surface area contributed by atoms with Crippen LogP contribution in [0, 0.1) is 6.92 Å². The van der Waals surface area contributed by atoms with Gasteiger partial charge in [0.25, 0.3) is 0 Å². The molecule has 0 aromatic carbocycles. The summed E-state index contributed by atoms with van der Waals surface area (Å²) in [6.45, 7) is 8.68. The summed E-state index contributed by atoms with van der Waals surface area (Å²) in [5.74, 6) is 2.10. The normalized spacial score (nSPS) is 13.5. The first kappa shape index (κ1) is 22.6. The average molecular weight is 389 g/mol. The molecule has 2 rings (SSSR count). The largest absolute Gasteiger partial charge is 0.360 e. The standard InChI is InChI=1S/C23H40N4O/c1-5-7-8-9-10-11-12-13-14-15-22(28)27-17-16-21-20(18-27)23(26(4)6-2)25-19(3)24-21/h5-18H2,1-4H3. The maximum Gasteiger partial charge on any atom is 0.222 e. The number of carbonyl (C=O) groups is 1. The molecular formula is C23H40N4O. The second-order valence-electron chi connectivity index (χ2n) is 8.18. The number of amides is 1. The molecule has 1 amide bonds. The van der Waals surface area contributed by atoms with Gasteiger partial charge in [-0.1, -0.05) is 58.3 Å². The minimum absolute atomic E-state index is 0.291. The van der Waals surface area contributed by atoms with Gasteiger partial charge in [-0.2, -0.15) is 0 Å². The van der Waals surface area contributed by atoms with Crippen molar-refractivity contribution >= 4 is 11.7 Å². The van der Waals surface area contributed by atoms with Crippen molar-refractivity contribution in [3.8, 4) is 0 Å². The summed E-state index contributed by atoms with van der Waals surface area (Å²) in [5.41, 5.74) is 2.26. The third-order valence-corrected chi connectivity index (χ3v) is 5.83. The molecule has 0 radical (unpaired) electrons. The lowest BCUT2D eigenvalue weighted by Gasteiger charge is -2.31. The zero-order valence-corrected chi connectivity index (χ0v) is 18.6. The molecule has 0 N–H and O–H groups in total. The predicted molar refractivity (Wildman–Crippen MR) is 117 cm³/mol. The number of aryl methyl sites for hydroxylation is 1. The Kier molecular flexibility index (Phi) is 9.72. The number of rotatable bonds is 12. The van der Waals surface area contributed by atoms with Crippen molar-refractivity contribution in [2.45, 2.75) is 97.9 Å². The van der Waals surface area contributed by atoms with Crippen LogP contribution in [0.25, 0.3) is 0 Å². The van der Waals surface area contributed by atoms with Gasteiger partial charge in [-0.25, -0.2) is 9.97 Å². The van der Waals surface area contributed by atoms with Crippen LogP contribution in [0.15, 0.2) is 0 Å². The fraction of sp³-hybridized carbons (Fsp3) is 0.783. The molecule has 28 heavy (non-hydrogen) atoms. The van der Waals surface area contributed by atoms with E-state index < -0.39 is 0 Å². The number of aromatic nitrogens is 2. The van der Waals surface area contributed by atoms with E-state index in [0.717, 1.165) is 48.8 Å². The van der Waals surface area contributed by atoms with Gasteiger partial charge in [-0.3, -0.25) is 4.79 Å². The Morgan fingerprint density at radius 2 is 1.64 bits per heavy atom. The first-order valence-electron chi connectivity index (χ1n) is 11.4. The van der Waals surface area contributed by atoms with Gasteiger partial charge < -0.3 is 9.80 Å². The van der Waals surface area contributed by atoms with Gasteiger partial charge in [0.15, 0.2) is 0 Å². The molecule has 0 unspecified atom stereocenters. The monoisotopic (exact) mass is 388 g/mol. The van der Waals surface area contributed by atoms with Crippen molar-refractivity contribution in [3.05, 3.63) is 17.1 Å².